The van der Waals surface area contributed by atoms with Crippen LogP contribution in [0, 0.1) is 0 Å². The number of hydrogen-bond acceptors (Lipinski definition) is 5. The number of nitrogens with one attached hydrogen (secondary N) is 2. The first-order valence-corrected chi connectivity index (χ1v) is 8.95. The highest BCUT2D eigenvalue weighted by Gasteiger charge is 2.33. The largest absolute Gasteiger partial charge is 0.347 e. The van der Waals surface area contributed by atoms with Gasteiger partial charge in [-0.3, -0.25) is 20.0 Å². The van der Waals surface area contributed by atoms with E-state index in [0.29, 0.717) is 5.69 Å². The number of rotatable bonds is 4. The number of hydrazine groups is 1. The lowest BCUT2D eigenvalue weighted by molar-refractivity contribution is -0.118. The fourth-order valence-corrected chi connectivity index (χ4v) is 3.43. The normalized spacial score (nSPS) is 22.3. The minimum atomic E-state index is -0.238. The van der Waals surface area contributed by atoms with Crippen molar-refractivity contribution in [2.24, 2.45) is 4.99 Å². The molecule has 132 valence electrons. The fraction of sp³-hybridized carbons (Fsp3) is 0.500. The molecule has 0 radical (unpaired) electrons. The Bertz CT molecular complexity index is 678. The van der Waals surface area contributed by atoms with Crippen molar-refractivity contribution in [3.05, 3.63) is 30.3 Å². The molecule has 0 bridgehead atoms. The molecule has 1 aromatic carbocycles. The first kappa shape index (κ1) is 16.1. The van der Waals surface area contributed by atoms with E-state index in [0.717, 1.165) is 32.0 Å². The van der Waals surface area contributed by atoms with Gasteiger partial charge in [0.1, 0.15) is 6.54 Å². The van der Waals surface area contributed by atoms with Crippen LogP contribution in [0.5, 0.6) is 0 Å². The number of piperidine rings is 1. The zero-order valence-electron chi connectivity index (χ0n) is 14.1. The summed E-state index contributed by atoms with van der Waals surface area (Å²) in [6, 6.07) is 10.2. The number of carbonyl (C=O) groups excluding carboxylic acids is 2. The molecule has 2 amide bonds. The molecule has 4 rings (SSSR count). The van der Waals surface area contributed by atoms with Crippen molar-refractivity contribution in [2.45, 2.75) is 37.8 Å². The van der Waals surface area contributed by atoms with Gasteiger partial charge in [-0.15, -0.1) is 0 Å². The van der Waals surface area contributed by atoms with Gasteiger partial charge >= 0.3 is 0 Å². The van der Waals surface area contributed by atoms with Gasteiger partial charge in [0.25, 0.3) is 11.8 Å². The Kier molecular flexibility index (Phi) is 4.40. The Morgan fingerprint density at radius 1 is 1.12 bits per heavy atom. The summed E-state index contributed by atoms with van der Waals surface area (Å²) < 4.78 is 0. The van der Waals surface area contributed by atoms with Crippen LogP contribution >= 0.6 is 0 Å². The third-order valence-electron chi connectivity index (χ3n) is 5.00. The molecule has 1 saturated heterocycles. The Morgan fingerprint density at radius 2 is 1.84 bits per heavy atom. The van der Waals surface area contributed by atoms with E-state index >= 15 is 0 Å². The minimum absolute atomic E-state index is 0.0230. The average Bonchev–Trinajstić information content (AvgIpc) is 3.48. The molecule has 0 atom stereocenters. The number of nitrogens with zero attached hydrogens (tertiary/aromatic N) is 3. The fourth-order valence-electron chi connectivity index (χ4n) is 3.43. The number of amides is 2. The van der Waals surface area contributed by atoms with Gasteiger partial charge in [-0.2, -0.15) is 0 Å². The summed E-state index contributed by atoms with van der Waals surface area (Å²) in [6.45, 7) is 2.07. The van der Waals surface area contributed by atoms with E-state index in [4.69, 9.17) is 0 Å². The van der Waals surface area contributed by atoms with E-state index in [1.54, 1.807) is 0 Å². The first-order valence-electron chi connectivity index (χ1n) is 8.95. The number of anilines is 1. The molecule has 2 aliphatic heterocycles. The number of amidine groups is 1. The second kappa shape index (κ2) is 6.84. The lowest BCUT2D eigenvalue weighted by Crippen LogP contribution is -2.57. The molecule has 1 saturated carbocycles. The molecule has 0 aromatic heterocycles. The maximum absolute atomic E-state index is 12.5. The molecule has 1 aliphatic carbocycles. The van der Waals surface area contributed by atoms with Crippen LogP contribution in [-0.2, 0) is 9.59 Å². The Hall–Kier alpha value is -2.41. The SMILES string of the molecule is O=C(NC1CCN(C2CC2)CC1)C1=NCC(=O)N(c2ccccc2)N1. The third-order valence-corrected chi connectivity index (χ3v) is 5.00. The highest BCUT2D eigenvalue weighted by Crippen LogP contribution is 2.29. The van der Waals surface area contributed by atoms with Crippen LogP contribution in [0.4, 0.5) is 5.69 Å². The number of likely N-dealkylation sites (tertiary alicyclic amines) is 1. The lowest BCUT2D eigenvalue weighted by Gasteiger charge is -2.33. The summed E-state index contributed by atoms with van der Waals surface area (Å²) in [5, 5.41) is 4.44. The predicted molar refractivity (Wildman–Crippen MR) is 95.1 cm³/mol. The van der Waals surface area contributed by atoms with Crippen LogP contribution in [0.15, 0.2) is 35.3 Å². The molecule has 7 heteroatoms. The van der Waals surface area contributed by atoms with Gasteiger partial charge in [0.2, 0.25) is 5.84 Å². The van der Waals surface area contributed by atoms with Crippen molar-refractivity contribution in [1.29, 1.82) is 0 Å². The van der Waals surface area contributed by atoms with Gasteiger partial charge in [0, 0.05) is 25.2 Å². The molecule has 3 aliphatic rings. The molecule has 7 nitrogen and oxygen atoms in total. The van der Waals surface area contributed by atoms with Crippen LogP contribution in [0.1, 0.15) is 25.7 Å². The Balaban J connectivity index is 1.34. The van der Waals surface area contributed by atoms with E-state index in [1.807, 2.05) is 30.3 Å². The molecule has 1 aromatic rings. The summed E-state index contributed by atoms with van der Waals surface area (Å²) >= 11 is 0. The van der Waals surface area contributed by atoms with Crippen LogP contribution in [0.2, 0.25) is 0 Å². The van der Waals surface area contributed by atoms with Gasteiger partial charge in [-0.05, 0) is 37.8 Å². The second-order valence-corrected chi connectivity index (χ2v) is 6.86. The van der Waals surface area contributed by atoms with E-state index in [9.17, 15) is 9.59 Å². The standard InChI is InChI=1S/C18H23N5O2/c24-16-12-19-17(21-23(16)15-4-2-1-3-5-15)18(25)20-13-8-10-22(11-9-13)14-6-7-14/h1-5,13-14H,6-12H2,(H,19,21)(H,20,25). The van der Waals surface area contributed by atoms with Crippen molar-refractivity contribution in [3.63, 3.8) is 0 Å². The second-order valence-electron chi connectivity index (χ2n) is 6.86. The van der Waals surface area contributed by atoms with Gasteiger partial charge in [0.05, 0.1) is 5.69 Å². The maximum atomic E-state index is 12.5. The topological polar surface area (TPSA) is 77.0 Å². The zero-order valence-corrected chi connectivity index (χ0v) is 14.1. The van der Waals surface area contributed by atoms with Crippen molar-refractivity contribution in [1.82, 2.24) is 15.6 Å². The molecule has 2 fully saturated rings. The maximum Gasteiger partial charge on any atom is 0.288 e. The minimum Gasteiger partial charge on any atom is -0.347 e. The summed E-state index contributed by atoms with van der Waals surface area (Å²) in [5.74, 6) is -0.216. The number of para-hydroxylation sites is 1. The van der Waals surface area contributed by atoms with Crippen molar-refractivity contribution in [2.75, 3.05) is 24.6 Å². The first-order chi connectivity index (χ1) is 12.2. The molecule has 25 heavy (non-hydrogen) atoms. The smallest absolute Gasteiger partial charge is 0.288 e. The zero-order chi connectivity index (χ0) is 17.2. The van der Waals surface area contributed by atoms with Gasteiger partial charge in [-0.1, -0.05) is 18.2 Å². The van der Waals surface area contributed by atoms with Crippen LogP contribution in [0.25, 0.3) is 0 Å². The molecular formula is C18H23N5O2. The molecule has 0 spiro atoms. The molecule has 2 heterocycles. The number of aliphatic imine (C=N–C) groups is 1. The van der Waals surface area contributed by atoms with Gasteiger partial charge in [-0.25, -0.2) is 5.01 Å². The quantitative estimate of drug-likeness (QED) is 0.844. The van der Waals surface area contributed by atoms with Crippen LogP contribution in [0.3, 0.4) is 0 Å². The average molecular weight is 341 g/mol. The summed E-state index contributed by atoms with van der Waals surface area (Å²) in [6.07, 6.45) is 4.58. The van der Waals surface area contributed by atoms with E-state index in [-0.39, 0.29) is 30.2 Å². The number of hydrogen-bond donors (Lipinski definition) is 2. The monoisotopic (exact) mass is 341 g/mol. The highest BCUT2D eigenvalue weighted by atomic mass is 16.2. The van der Waals surface area contributed by atoms with Crippen LogP contribution < -0.4 is 15.8 Å². The van der Waals surface area contributed by atoms with Crippen molar-refractivity contribution >= 4 is 23.3 Å². The van der Waals surface area contributed by atoms with Gasteiger partial charge < -0.3 is 10.2 Å². The molecule has 0 unspecified atom stereocenters. The molecule has 2 N–H and O–H groups in total. The van der Waals surface area contributed by atoms with E-state index in [2.05, 4.69) is 20.6 Å². The summed E-state index contributed by atoms with van der Waals surface area (Å²) in [5.41, 5.74) is 3.56. The molecular weight excluding hydrogens is 318 g/mol. The van der Waals surface area contributed by atoms with E-state index in [1.165, 1.54) is 17.9 Å². The van der Waals surface area contributed by atoms with E-state index < -0.39 is 0 Å². The third kappa shape index (κ3) is 3.66. The Morgan fingerprint density at radius 3 is 2.52 bits per heavy atom. The summed E-state index contributed by atoms with van der Waals surface area (Å²) in [7, 11) is 0. The number of benzene rings is 1. The van der Waals surface area contributed by atoms with Crippen LogP contribution in [-0.4, -0.2) is 54.3 Å². The highest BCUT2D eigenvalue weighted by molar-refractivity contribution is 6.39. The lowest BCUT2D eigenvalue weighted by atomic mass is 10.0. The van der Waals surface area contributed by atoms with Crippen molar-refractivity contribution < 1.29 is 9.59 Å². The predicted octanol–water partition coefficient (Wildman–Crippen LogP) is 0.679. The van der Waals surface area contributed by atoms with Crippen molar-refractivity contribution in [3.8, 4) is 0 Å². The number of carbonyl (C=O) groups is 2. The van der Waals surface area contributed by atoms with Gasteiger partial charge in [0.15, 0.2) is 0 Å². The Labute approximate surface area is 147 Å². The summed E-state index contributed by atoms with van der Waals surface area (Å²) in [4.78, 5) is 31.2.